The van der Waals surface area contributed by atoms with Gasteiger partial charge in [-0.25, -0.2) is 4.39 Å². The van der Waals surface area contributed by atoms with E-state index in [2.05, 4.69) is 23.5 Å². The van der Waals surface area contributed by atoms with Gasteiger partial charge in [-0.2, -0.15) is 0 Å². The third-order valence-corrected chi connectivity index (χ3v) is 3.84. The van der Waals surface area contributed by atoms with E-state index in [4.69, 9.17) is 0 Å². The molecule has 2 heteroatoms. The van der Waals surface area contributed by atoms with Gasteiger partial charge in [0.05, 0.1) is 0 Å². The van der Waals surface area contributed by atoms with Gasteiger partial charge in [-0.3, -0.25) is 0 Å². The minimum atomic E-state index is -0.140. The van der Waals surface area contributed by atoms with E-state index in [9.17, 15) is 4.39 Å². The zero-order valence-corrected chi connectivity index (χ0v) is 11.2. The Labute approximate surface area is 113 Å². The van der Waals surface area contributed by atoms with E-state index < -0.39 is 0 Å². The fourth-order valence-corrected chi connectivity index (χ4v) is 2.83. The SMILES string of the molecule is CNCc1cc(-c2ccc3c(c2)CCC3)ccc1F. The molecule has 0 unspecified atom stereocenters. The van der Waals surface area contributed by atoms with E-state index in [-0.39, 0.29) is 5.82 Å². The second-order valence-corrected chi connectivity index (χ2v) is 5.17. The maximum Gasteiger partial charge on any atom is 0.127 e. The Kier molecular flexibility index (Phi) is 3.34. The van der Waals surface area contributed by atoms with Gasteiger partial charge in [-0.05, 0) is 60.7 Å². The molecular weight excluding hydrogens is 237 g/mol. The molecule has 2 aromatic carbocycles. The van der Waals surface area contributed by atoms with E-state index >= 15 is 0 Å². The van der Waals surface area contributed by atoms with Crippen LogP contribution in [0.5, 0.6) is 0 Å². The average Bonchev–Trinajstić information content (AvgIpc) is 2.89. The zero-order chi connectivity index (χ0) is 13.2. The monoisotopic (exact) mass is 255 g/mol. The normalized spacial score (nSPS) is 13.6. The van der Waals surface area contributed by atoms with Crippen molar-refractivity contribution in [3.63, 3.8) is 0 Å². The standard InChI is InChI=1S/C17H18FN/c1-19-11-16-10-15(7-8-17(16)18)14-6-5-12-3-2-4-13(12)9-14/h5-10,19H,2-4,11H2,1H3. The fourth-order valence-electron chi connectivity index (χ4n) is 2.83. The molecule has 3 rings (SSSR count). The Bertz CT molecular complexity index is 604. The van der Waals surface area contributed by atoms with E-state index in [1.54, 1.807) is 6.07 Å². The molecule has 1 aliphatic carbocycles. The van der Waals surface area contributed by atoms with Crippen molar-refractivity contribution in [3.8, 4) is 11.1 Å². The lowest BCUT2D eigenvalue weighted by Gasteiger charge is -2.08. The summed E-state index contributed by atoms with van der Waals surface area (Å²) in [6.45, 7) is 0.560. The highest BCUT2D eigenvalue weighted by molar-refractivity contribution is 5.66. The van der Waals surface area contributed by atoms with Crippen molar-refractivity contribution >= 4 is 0 Å². The van der Waals surface area contributed by atoms with Crippen LogP contribution in [0, 0.1) is 5.82 Å². The van der Waals surface area contributed by atoms with Crippen LogP contribution in [-0.2, 0) is 19.4 Å². The van der Waals surface area contributed by atoms with Gasteiger partial charge < -0.3 is 5.32 Å². The number of fused-ring (bicyclic) bond motifs is 1. The highest BCUT2D eigenvalue weighted by Gasteiger charge is 2.12. The molecule has 1 N–H and O–H groups in total. The van der Waals surface area contributed by atoms with Crippen LogP contribution in [0.3, 0.4) is 0 Å². The summed E-state index contributed by atoms with van der Waals surface area (Å²) in [5.41, 5.74) is 5.94. The molecule has 0 fully saturated rings. The van der Waals surface area contributed by atoms with Gasteiger partial charge in [0.2, 0.25) is 0 Å². The Morgan fingerprint density at radius 3 is 2.58 bits per heavy atom. The number of rotatable bonds is 3. The summed E-state index contributed by atoms with van der Waals surface area (Å²) in [4.78, 5) is 0. The zero-order valence-electron chi connectivity index (χ0n) is 11.2. The minimum Gasteiger partial charge on any atom is -0.316 e. The molecule has 98 valence electrons. The third kappa shape index (κ3) is 2.41. The number of aryl methyl sites for hydroxylation is 2. The summed E-state index contributed by atoms with van der Waals surface area (Å²) in [6.07, 6.45) is 3.63. The van der Waals surface area contributed by atoms with Gasteiger partial charge in [0.25, 0.3) is 0 Å². The fraction of sp³-hybridized carbons (Fsp3) is 0.294. The minimum absolute atomic E-state index is 0.140. The van der Waals surface area contributed by atoms with Gasteiger partial charge in [0.1, 0.15) is 5.82 Å². The van der Waals surface area contributed by atoms with Crippen LogP contribution in [0.15, 0.2) is 36.4 Å². The molecule has 0 aromatic heterocycles. The lowest BCUT2D eigenvalue weighted by Crippen LogP contribution is -2.07. The van der Waals surface area contributed by atoms with Crippen LogP contribution >= 0.6 is 0 Å². The first kappa shape index (κ1) is 12.4. The van der Waals surface area contributed by atoms with E-state index in [1.165, 1.54) is 36.0 Å². The Morgan fingerprint density at radius 1 is 1.00 bits per heavy atom. The summed E-state index contributed by atoms with van der Waals surface area (Å²) in [6, 6.07) is 12.0. The predicted octanol–water partition coefficient (Wildman–Crippen LogP) is 3.70. The molecule has 0 heterocycles. The summed E-state index contributed by atoms with van der Waals surface area (Å²) in [5.74, 6) is -0.140. The van der Waals surface area contributed by atoms with E-state index in [0.717, 1.165) is 11.1 Å². The number of hydrogen-bond donors (Lipinski definition) is 1. The van der Waals surface area contributed by atoms with Crippen molar-refractivity contribution in [1.82, 2.24) is 5.32 Å². The average molecular weight is 255 g/mol. The van der Waals surface area contributed by atoms with E-state index in [1.807, 2.05) is 19.2 Å². The Balaban J connectivity index is 1.99. The van der Waals surface area contributed by atoms with Gasteiger partial charge >= 0.3 is 0 Å². The molecule has 1 nitrogen and oxygen atoms in total. The maximum atomic E-state index is 13.7. The van der Waals surface area contributed by atoms with Crippen molar-refractivity contribution in [3.05, 3.63) is 58.9 Å². The number of halogens is 1. The van der Waals surface area contributed by atoms with Crippen molar-refractivity contribution in [1.29, 1.82) is 0 Å². The van der Waals surface area contributed by atoms with Crippen LogP contribution in [0.4, 0.5) is 4.39 Å². The van der Waals surface area contributed by atoms with Crippen LogP contribution in [0.25, 0.3) is 11.1 Å². The van der Waals surface area contributed by atoms with Crippen LogP contribution in [0.2, 0.25) is 0 Å². The molecule has 1 aliphatic rings. The molecule has 0 atom stereocenters. The van der Waals surface area contributed by atoms with Gasteiger partial charge in [-0.15, -0.1) is 0 Å². The molecular formula is C17H18FN. The van der Waals surface area contributed by atoms with Crippen molar-refractivity contribution in [2.75, 3.05) is 7.05 Å². The first-order valence-corrected chi connectivity index (χ1v) is 6.83. The maximum absolute atomic E-state index is 13.7. The summed E-state index contributed by atoms with van der Waals surface area (Å²) in [5, 5.41) is 3.01. The van der Waals surface area contributed by atoms with Crippen molar-refractivity contribution in [2.24, 2.45) is 0 Å². The summed E-state index contributed by atoms with van der Waals surface area (Å²) in [7, 11) is 1.83. The van der Waals surface area contributed by atoms with Crippen molar-refractivity contribution < 1.29 is 4.39 Å². The first-order chi connectivity index (χ1) is 9.28. The smallest absolute Gasteiger partial charge is 0.127 e. The van der Waals surface area contributed by atoms with Gasteiger partial charge in [-0.1, -0.05) is 24.3 Å². The quantitative estimate of drug-likeness (QED) is 0.881. The lowest BCUT2D eigenvalue weighted by molar-refractivity contribution is 0.601. The molecule has 0 aliphatic heterocycles. The molecule has 0 saturated carbocycles. The van der Waals surface area contributed by atoms with Crippen LogP contribution in [-0.4, -0.2) is 7.05 Å². The Hall–Kier alpha value is -1.67. The molecule has 0 saturated heterocycles. The first-order valence-electron chi connectivity index (χ1n) is 6.83. The number of hydrogen-bond acceptors (Lipinski definition) is 1. The highest BCUT2D eigenvalue weighted by Crippen LogP contribution is 2.29. The molecule has 2 aromatic rings. The number of benzene rings is 2. The van der Waals surface area contributed by atoms with Crippen LogP contribution < -0.4 is 5.32 Å². The lowest BCUT2D eigenvalue weighted by atomic mass is 9.99. The molecule has 19 heavy (non-hydrogen) atoms. The topological polar surface area (TPSA) is 12.0 Å². The van der Waals surface area contributed by atoms with Gasteiger partial charge in [0, 0.05) is 12.1 Å². The molecule has 0 spiro atoms. The highest BCUT2D eigenvalue weighted by atomic mass is 19.1. The molecule has 0 radical (unpaired) electrons. The molecule has 0 bridgehead atoms. The largest absolute Gasteiger partial charge is 0.316 e. The summed E-state index contributed by atoms with van der Waals surface area (Å²) < 4.78 is 13.7. The molecule has 0 amide bonds. The Morgan fingerprint density at radius 2 is 1.74 bits per heavy atom. The second-order valence-electron chi connectivity index (χ2n) is 5.17. The predicted molar refractivity (Wildman–Crippen MR) is 76.6 cm³/mol. The number of nitrogens with one attached hydrogen (secondary N) is 1. The van der Waals surface area contributed by atoms with Crippen LogP contribution in [0.1, 0.15) is 23.1 Å². The van der Waals surface area contributed by atoms with E-state index in [0.29, 0.717) is 6.54 Å². The van der Waals surface area contributed by atoms with Crippen molar-refractivity contribution in [2.45, 2.75) is 25.8 Å². The third-order valence-electron chi connectivity index (χ3n) is 3.84. The summed E-state index contributed by atoms with van der Waals surface area (Å²) >= 11 is 0. The van der Waals surface area contributed by atoms with Gasteiger partial charge in [0.15, 0.2) is 0 Å². The second kappa shape index (κ2) is 5.14.